The molecule has 0 amide bonds. The van der Waals surface area contributed by atoms with Crippen LogP contribution in [0.25, 0.3) is 0 Å². The van der Waals surface area contributed by atoms with E-state index >= 15 is 0 Å². The molecule has 32 heavy (non-hydrogen) atoms. The highest BCUT2D eigenvalue weighted by atomic mass is 32.2. The van der Waals surface area contributed by atoms with E-state index in [9.17, 15) is 38.9 Å². The van der Waals surface area contributed by atoms with Gasteiger partial charge in [-0.25, -0.2) is 0 Å². The van der Waals surface area contributed by atoms with E-state index < -0.39 is 52.3 Å². The minimum Gasteiger partial charge on any atom is -0.282 e. The Labute approximate surface area is 186 Å². The van der Waals surface area contributed by atoms with Gasteiger partial charge >= 0.3 is 0 Å². The Hall–Kier alpha value is -2.18. The standard InChI is InChI=1S/C19H17O9PS3/c1-29(14-5-2-8-17(11-14)30(20,21)22,15-6-3-9-18(12-15)31(23,24)25)16-7-4-10-19(13-16)32(26,27)28/h2-13H,1H3,(H2-,20,21,22,23,24,25,26,27,28)/p+1. The van der Waals surface area contributed by atoms with E-state index in [0.717, 1.165) is 0 Å². The van der Waals surface area contributed by atoms with Gasteiger partial charge in [0.2, 0.25) is 0 Å². The van der Waals surface area contributed by atoms with Gasteiger partial charge in [0.1, 0.15) is 23.2 Å². The molecule has 0 radical (unpaired) electrons. The van der Waals surface area contributed by atoms with E-state index in [1.54, 1.807) is 24.9 Å². The fraction of sp³-hybridized carbons (Fsp3) is 0.0526. The van der Waals surface area contributed by atoms with E-state index in [4.69, 9.17) is 0 Å². The van der Waals surface area contributed by atoms with Crippen LogP contribution in [-0.4, -0.2) is 45.6 Å². The molecule has 0 unspecified atom stereocenters. The first kappa shape index (κ1) is 24.5. The minimum absolute atomic E-state index is 0.368. The van der Waals surface area contributed by atoms with Gasteiger partial charge in [0.15, 0.2) is 0 Å². The second kappa shape index (κ2) is 8.31. The molecule has 0 aliphatic carbocycles. The van der Waals surface area contributed by atoms with Gasteiger partial charge in [-0.05, 0) is 36.4 Å². The zero-order valence-electron chi connectivity index (χ0n) is 16.4. The van der Waals surface area contributed by atoms with Crippen LogP contribution in [0.2, 0.25) is 0 Å². The number of rotatable bonds is 6. The molecule has 0 aromatic heterocycles. The van der Waals surface area contributed by atoms with E-state index in [2.05, 4.69) is 0 Å². The molecule has 0 saturated carbocycles. The van der Waals surface area contributed by atoms with Gasteiger partial charge in [-0.2, -0.15) is 25.3 Å². The smallest absolute Gasteiger partial charge is 0.282 e. The summed E-state index contributed by atoms with van der Waals surface area (Å²) < 4.78 is 98.6. The highest BCUT2D eigenvalue weighted by Crippen LogP contribution is 2.52. The fourth-order valence-electron chi connectivity index (χ4n) is 3.21. The summed E-state index contributed by atoms with van der Waals surface area (Å²) in [5.74, 6) is 0. The van der Waals surface area contributed by atoms with E-state index in [1.165, 1.54) is 54.6 Å². The normalized spacial score (nSPS) is 13.1. The van der Waals surface area contributed by atoms with Crippen LogP contribution in [0.4, 0.5) is 0 Å². The molecule has 0 bridgehead atoms. The van der Waals surface area contributed by atoms with Crippen LogP contribution in [0.1, 0.15) is 0 Å². The van der Waals surface area contributed by atoms with E-state index in [0.29, 0.717) is 15.9 Å². The molecule has 0 spiro atoms. The molecular weight excluding hydrogens is 499 g/mol. The van der Waals surface area contributed by atoms with E-state index in [-0.39, 0.29) is 0 Å². The highest BCUT2D eigenvalue weighted by Gasteiger charge is 2.42. The molecule has 0 fully saturated rings. The molecule has 9 nitrogen and oxygen atoms in total. The van der Waals surface area contributed by atoms with Crippen molar-refractivity contribution < 1.29 is 38.9 Å². The molecule has 3 rings (SSSR count). The number of benzene rings is 3. The van der Waals surface area contributed by atoms with Gasteiger partial charge in [-0.1, -0.05) is 18.2 Å². The van der Waals surface area contributed by atoms with Crippen LogP contribution < -0.4 is 15.9 Å². The molecule has 0 aliphatic rings. The van der Waals surface area contributed by atoms with Gasteiger partial charge in [0.05, 0.1) is 21.4 Å². The Morgan fingerprint density at radius 1 is 0.531 bits per heavy atom. The first-order valence-corrected chi connectivity index (χ1v) is 15.3. The van der Waals surface area contributed by atoms with Gasteiger partial charge in [-0.3, -0.25) is 13.7 Å². The Kier molecular flexibility index (Phi) is 6.35. The largest absolute Gasteiger partial charge is 0.294 e. The van der Waals surface area contributed by atoms with Crippen LogP contribution >= 0.6 is 7.26 Å². The third-order valence-electron chi connectivity index (χ3n) is 4.90. The third kappa shape index (κ3) is 4.91. The minimum atomic E-state index is -4.57. The van der Waals surface area contributed by atoms with Crippen molar-refractivity contribution in [1.29, 1.82) is 0 Å². The van der Waals surface area contributed by atoms with Crippen LogP contribution in [0.3, 0.4) is 0 Å². The quantitative estimate of drug-likeness (QED) is 0.323. The molecule has 3 N–H and O–H groups in total. The monoisotopic (exact) mass is 517 g/mol. The number of hydrogen-bond acceptors (Lipinski definition) is 6. The maximum absolute atomic E-state index is 11.7. The Morgan fingerprint density at radius 2 is 0.781 bits per heavy atom. The summed E-state index contributed by atoms with van der Waals surface area (Å²) in [4.78, 5) is -1.21. The molecule has 3 aromatic carbocycles. The summed E-state index contributed by atoms with van der Waals surface area (Å²) in [6.45, 7) is 1.68. The molecule has 0 atom stereocenters. The predicted octanol–water partition coefficient (Wildman–Crippen LogP) is 1.35. The van der Waals surface area contributed by atoms with Gasteiger partial charge in [0, 0.05) is 18.2 Å². The van der Waals surface area contributed by atoms with Gasteiger partial charge in [0.25, 0.3) is 30.4 Å². The molecule has 0 aliphatic heterocycles. The summed E-state index contributed by atoms with van der Waals surface area (Å²) in [5.41, 5.74) is 0. The van der Waals surface area contributed by atoms with E-state index in [1.807, 2.05) is 0 Å². The van der Waals surface area contributed by atoms with Crippen molar-refractivity contribution in [2.24, 2.45) is 0 Å². The van der Waals surface area contributed by atoms with Crippen LogP contribution in [0, 0.1) is 0 Å². The lowest BCUT2D eigenvalue weighted by Gasteiger charge is -2.24. The Bertz CT molecular complexity index is 1330. The van der Waals surface area contributed by atoms with Gasteiger partial charge < -0.3 is 0 Å². The summed E-state index contributed by atoms with van der Waals surface area (Å²) in [7, 11) is -16.6. The topological polar surface area (TPSA) is 163 Å². The zero-order valence-corrected chi connectivity index (χ0v) is 19.7. The maximum atomic E-state index is 11.7. The van der Waals surface area contributed by atoms with Gasteiger partial charge in [-0.15, -0.1) is 0 Å². The average molecular weight is 518 g/mol. The van der Waals surface area contributed by atoms with Crippen molar-refractivity contribution in [3.8, 4) is 0 Å². The lowest BCUT2D eigenvalue weighted by Crippen LogP contribution is -2.31. The average Bonchev–Trinajstić information content (AvgIpc) is 2.71. The Morgan fingerprint density at radius 3 is 1.00 bits per heavy atom. The SMILES string of the molecule is C[P+](c1cccc(S(=O)(=O)O)c1)(c1cccc(S(=O)(=O)O)c1)c1cccc(S(=O)(=O)O)c1. The summed E-state index contributed by atoms with van der Waals surface area (Å²) in [5, 5.41) is 1.10. The van der Waals surface area contributed by atoms with Crippen molar-refractivity contribution in [1.82, 2.24) is 0 Å². The summed E-state index contributed by atoms with van der Waals surface area (Å²) in [6.07, 6.45) is 0. The molecule has 0 heterocycles. The molecular formula is C19H18O9PS3+. The Balaban J connectivity index is 2.41. The highest BCUT2D eigenvalue weighted by molar-refractivity contribution is 7.95. The second-order valence-corrected chi connectivity index (χ2v) is 14.7. The zero-order chi connectivity index (χ0) is 23.9. The van der Waals surface area contributed by atoms with Crippen molar-refractivity contribution >= 4 is 53.5 Å². The first-order valence-electron chi connectivity index (χ1n) is 8.74. The van der Waals surface area contributed by atoms with Crippen LogP contribution in [0.15, 0.2) is 87.5 Å². The molecule has 13 heteroatoms. The fourth-order valence-corrected chi connectivity index (χ4v) is 8.29. The van der Waals surface area contributed by atoms with Crippen LogP contribution in [-0.2, 0) is 30.4 Å². The molecule has 3 aromatic rings. The van der Waals surface area contributed by atoms with Crippen LogP contribution in [0.5, 0.6) is 0 Å². The van der Waals surface area contributed by atoms with Crippen molar-refractivity contribution in [2.75, 3.05) is 6.66 Å². The lowest BCUT2D eigenvalue weighted by molar-refractivity contribution is 0.481. The van der Waals surface area contributed by atoms with Crippen molar-refractivity contribution in [2.45, 2.75) is 14.7 Å². The number of hydrogen-bond donors (Lipinski definition) is 3. The second-order valence-electron chi connectivity index (χ2n) is 6.92. The van der Waals surface area contributed by atoms with Crippen molar-refractivity contribution in [3.63, 3.8) is 0 Å². The third-order valence-corrected chi connectivity index (χ3v) is 11.4. The summed E-state index contributed by atoms with van der Waals surface area (Å²) >= 11 is 0. The molecule has 170 valence electrons. The molecule has 0 saturated heterocycles. The predicted molar refractivity (Wildman–Crippen MR) is 121 cm³/mol. The van der Waals surface area contributed by atoms with Crippen molar-refractivity contribution in [3.05, 3.63) is 72.8 Å². The lowest BCUT2D eigenvalue weighted by atomic mass is 10.3. The maximum Gasteiger partial charge on any atom is 0.294 e. The summed E-state index contributed by atoms with van der Waals surface area (Å²) in [6, 6.07) is 16.0. The first-order chi connectivity index (χ1) is 14.6.